The van der Waals surface area contributed by atoms with E-state index in [1.807, 2.05) is 40.8 Å². The topological polar surface area (TPSA) is 77.2 Å². The summed E-state index contributed by atoms with van der Waals surface area (Å²) in [6.45, 7) is 10.3. The van der Waals surface area contributed by atoms with Crippen LogP contribution in [0, 0.1) is 6.92 Å². The minimum atomic E-state index is -0.496. The highest BCUT2D eigenvalue weighted by atomic mass is 32.1. The van der Waals surface area contributed by atoms with Crippen molar-refractivity contribution in [3.05, 3.63) is 16.1 Å². The predicted octanol–water partition coefficient (Wildman–Crippen LogP) is 2.19. The summed E-state index contributed by atoms with van der Waals surface area (Å²) in [6, 6.07) is 0. The second-order valence-electron chi connectivity index (χ2n) is 5.86. The average molecular weight is 285 g/mol. The van der Waals surface area contributed by atoms with Crippen molar-refractivity contribution in [1.82, 2.24) is 10.3 Å². The summed E-state index contributed by atoms with van der Waals surface area (Å²) in [5, 5.41) is 3.77. The summed E-state index contributed by atoms with van der Waals surface area (Å²) in [4.78, 5) is 17.0. The lowest BCUT2D eigenvalue weighted by Gasteiger charge is -2.27. The highest BCUT2D eigenvalue weighted by molar-refractivity contribution is 7.11. The number of carbonyl (C=O) groups is 1. The van der Waals surface area contributed by atoms with Gasteiger partial charge in [0.25, 0.3) is 0 Å². The molecular weight excluding hydrogens is 262 g/mol. The van der Waals surface area contributed by atoms with Crippen LogP contribution in [0.15, 0.2) is 6.20 Å². The van der Waals surface area contributed by atoms with Gasteiger partial charge in [0.05, 0.1) is 5.01 Å². The molecule has 0 saturated heterocycles. The number of nitrogens with zero attached hydrogens (tertiary/aromatic N) is 1. The Hall–Kier alpha value is -1.14. The molecule has 0 aliphatic rings. The van der Waals surface area contributed by atoms with Gasteiger partial charge in [-0.25, -0.2) is 9.78 Å². The molecule has 0 spiro atoms. The second-order valence-corrected chi connectivity index (χ2v) is 7.10. The Morgan fingerprint density at radius 2 is 2.11 bits per heavy atom. The van der Waals surface area contributed by atoms with Crippen molar-refractivity contribution in [2.24, 2.45) is 5.73 Å². The fraction of sp³-hybridized carbons (Fsp3) is 0.692. The maximum absolute atomic E-state index is 11.7. The SMILES string of the molecule is Cc1ncc(C(C)(CN)CNC(=O)OC(C)(C)C)s1. The number of aryl methyl sites for hydroxylation is 1. The number of carbonyl (C=O) groups excluding carboxylic acids is 1. The Balaban J connectivity index is 2.65. The minimum absolute atomic E-state index is 0.317. The Kier molecular flexibility index (Phi) is 4.92. The lowest BCUT2D eigenvalue weighted by atomic mass is 9.89. The van der Waals surface area contributed by atoms with E-state index >= 15 is 0 Å². The maximum Gasteiger partial charge on any atom is 0.407 e. The summed E-state index contributed by atoms with van der Waals surface area (Å²) in [5.74, 6) is 0. The first kappa shape index (κ1) is 15.9. The molecule has 1 rings (SSSR count). The lowest BCUT2D eigenvalue weighted by molar-refractivity contribution is 0.0517. The highest BCUT2D eigenvalue weighted by Gasteiger charge is 2.28. The lowest BCUT2D eigenvalue weighted by Crippen LogP contribution is -2.44. The van der Waals surface area contributed by atoms with Gasteiger partial charge in [0.2, 0.25) is 0 Å². The van der Waals surface area contributed by atoms with Crippen molar-refractivity contribution >= 4 is 17.4 Å². The van der Waals surface area contributed by atoms with E-state index in [0.29, 0.717) is 13.1 Å². The van der Waals surface area contributed by atoms with Gasteiger partial charge in [-0.15, -0.1) is 11.3 Å². The van der Waals surface area contributed by atoms with E-state index in [-0.39, 0.29) is 5.41 Å². The minimum Gasteiger partial charge on any atom is -0.444 e. The monoisotopic (exact) mass is 285 g/mol. The molecule has 5 nitrogen and oxygen atoms in total. The van der Waals surface area contributed by atoms with Crippen LogP contribution in [0.5, 0.6) is 0 Å². The molecule has 0 aliphatic heterocycles. The number of nitrogens with one attached hydrogen (secondary N) is 1. The van der Waals surface area contributed by atoms with Crippen LogP contribution in [0.1, 0.15) is 37.6 Å². The molecule has 6 heteroatoms. The first-order valence-corrected chi connectivity index (χ1v) is 7.08. The van der Waals surface area contributed by atoms with Crippen molar-refractivity contribution in [3.8, 4) is 0 Å². The first-order chi connectivity index (χ1) is 8.66. The van der Waals surface area contributed by atoms with E-state index in [0.717, 1.165) is 9.88 Å². The van der Waals surface area contributed by atoms with Gasteiger partial charge < -0.3 is 15.8 Å². The zero-order valence-electron chi connectivity index (χ0n) is 12.2. The van der Waals surface area contributed by atoms with Crippen LogP contribution in [-0.4, -0.2) is 29.8 Å². The molecule has 0 radical (unpaired) electrons. The molecule has 0 fully saturated rings. The molecule has 108 valence electrons. The van der Waals surface area contributed by atoms with Crippen LogP contribution >= 0.6 is 11.3 Å². The van der Waals surface area contributed by atoms with Crippen LogP contribution in [0.25, 0.3) is 0 Å². The quantitative estimate of drug-likeness (QED) is 0.889. The molecule has 1 unspecified atom stereocenters. The molecular formula is C13H23N3O2S. The molecule has 0 aromatic carbocycles. The van der Waals surface area contributed by atoms with Gasteiger partial charge in [-0.1, -0.05) is 6.92 Å². The molecule has 1 aromatic rings. The van der Waals surface area contributed by atoms with Gasteiger partial charge in [0.1, 0.15) is 5.60 Å². The maximum atomic E-state index is 11.7. The molecule has 1 amide bonds. The van der Waals surface area contributed by atoms with E-state index in [2.05, 4.69) is 10.3 Å². The summed E-state index contributed by atoms with van der Waals surface area (Å²) < 4.78 is 5.22. The molecule has 1 atom stereocenters. The van der Waals surface area contributed by atoms with Crippen molar-refractivity contribution < 1.29 is 9.53 Å². The third kappa shape index (κ3) is 4.80. The van der Waals surface area contributed by atoms with Crippen LogP contribution in [-0.2, 0) is 10.2 Å². The van der Waals surface area contributed by atoms with Gasteiger partial charge >= 0.3 is 6.09 Å². The number of hydrogen-bond donors (Lipinski definition) is 2. The summed E-state index contributed by atoms with van der Waals surface area (Å²) >= 11 is 1.60. The summed E-state index contributed by atoms with van der Waals surface area (Å²) in [5.41, 5.74) is 5.04. The van der Waals surface area contributed by atoms with E-state index in [9.17, 15) is 4.79 Å². The van der Waals surface area contributed by atoms with Crippen molar-refractivity contribution in [1.29, 1.82) is 0 Å². The molecule has 0 bridgehead atoms. The number of rotatable bonds is 4. The van der Waals surface area contributed by atoms with Crippen LogP contribution in [0.2, 0.25) is 0 Å². The van der Waals surface area contributed by atoms with Gasteiger partial charge in [-0.05, 0) is 27.7 Å². The van der Waals surface area contributed by atoms with Crippen molar-refractivity contribution in [2.45, 2.75) is 45.6 Å². The van der Waals surface area contributed by atoms with E-state index in [1.54, 1.807) is 11.3 Å². The Bertz CT molecular complexity index is 439. The van der Waals surface area contributed by atoms with E-state index in [4.69, 9.17) is 10.5 Å². The van der Waals surface area contributed by atoms with Crippen LogP contribution in [0.4, 0.5) is 4.79 Å². The van der Waals surface area contributed by atoms with Crippen LogP contribution < -0.4 is 11.1 Å². The van der Waals surface area contributed by atoms with Crippen molar-refractivity contribution in [2.75, 3.05) is 13.1 Å². The molecule has 1 aromatic heterocycles. The van der Waals surface area contributed by atoms with Gasteiger partial charge in [-0.3, -0.25) is 0 Å². The number of ether oxygens (including phenoxy) is 1. The number of thiazole rings is 1. The fourth-order valence-corrected chi connectivity index (χ4v) is 2.41. The predicted molar refractivity (Wildman–Crippen MR) is 77.5 cm³/mol. The number of amides is 1. The summed E-state index contributed by atoms with van der Waals surface area (Å²) in [6.07, 6.45) is 1.40. The fourth-order valence-electron chi connectivity index (χ4n) is 1.48. The Morgan fingerprint density at radius 1 is 1.47 bits per heavy atom. The standard InChI is InChI=1S/C13H23N3O2S/c1-9-15-6-10(19-9)13(5,7-14)8-16-11(17)18-12(2,3)4/h6H,7-8,14H2,1-5H3,(H,16,17). The third-order valence-electron chi connectivity index (χ3n) is 2.69. The molecule has 3 N–H and O–H groups in total. The number of hydrogen-bond acceptors (Lipinski definition) is 5. The third-order valence-corrected chi connectivity index (χ3v) is 3.91. The number of aromatic nitrogens is 1. The van der Waals surface area contributed by atoms with Gasteiger partial charge in [0, 0.05) is 29.6 Å². The zero-order chi connectivity index (χ0) is 14.7. The second kappa shape index (κ2) is 5.88. The van der Waals surface area contributed by atoms with Gasteiger partial charge in [0.15, 0.2) is 0 Å². The van der Waals surface area contributed by atoms with Crippen LogP contribution in [0.3, 0.4) is 0 Å². The molecule has 0 aliphatic carbocycles. The molecule has 1 heterocycles. The van der Waals surface area contributed by atoms with Crippen molar-refractivity contribution in [3.63, 3.8) is 0 Å². The normalized spacial score (nSPS) is 14.8. The Labute approximate surface area is 118 Å². The number of alkyl carbamates (subject to hydrolysis) is 1. The van der Waals surface area contributed by atoms with E-state index < -0.39 is 11.7 Å². The number of nitrogens with two attached hydrogens (primary N) is 1. The Morgan fingerprint density at radius 3 is 2.53 bits per heavy atom. The zero-order valence-corrected chi connectivity index (χ0v) is 13.1. The first-order valence-electron chi connectivity index (χ1n) is 6.26. The molecule has 0 saturated carbocycles. The average Bonchev–Trinajstić information content (AvgIpc) is 2.71. The summed E-state index contributed by atoms with van der Waals surface area (Å²) in [7, 11) is 0. The van der Waals surface area contributed by atoms with E-state index in [1.165, 1.54) is 0 Å². The van der Waals surface area contributed by atoms with Gasteiger partial charge in [-0.2, -0.15) is 0 Å². The smallest absolute Gasteiger partial charge is 0.407 e. The largest absolute Gasteiger partial charge is 0.444 e. The highest BCUT2D eigenvalue weighted by Crippen LogP contribution is 2.27. The molecule has 19 heavy (non-hydrogen) atoms.